The maximum absolute atomic E-state index is 13.7. The summed E-state index contributed by atoms with van der Waals surface area (Å²) >= 11 is 0. The highest BCUT2D eigenvalue weighted by molar-refractivity contribution is 6.03. The molecule has 162 valence electrons. The minimum absolute atomic E-state index is 0.106. The number of aromatic nitrogens is 2. The standard InChI is InChI=1S/C21H22F2N6O2/c1-21(2,3)29-18(24)16(19(25)30)17(28-29)11-4-7-13(8-5-11)26-20(31)27-15-10-12(22)6-9-14(15)23/h4-10H,24H2,1-3H3,(H2,25,30)(H2,26,27,31). The number of nitrogens with zero attached hydrogens (tertiary/aromatic N) is 2. The molecule has 6 N–H and O–H groups in total. The van der Waals surface area contributed by atoms with E-state index in [0.717, 1.165) is 18.2 Å². The van der Waals surface area contributed by atoms with Gasteiger partial charge in [0.05, 0.1) is 11.2 Å². The Morgan fingerprint density at radius 1 is 1.03 bits per heavy atom. The van der Waals surface area contributed by atoms with Crippen molar-refractivity contribution < 1.29 is 18.4 Å². The van der Waals surface area contributed by atoms with E-state index < -0.39 is 29.1 Å². The first-order valence-corrected chi connectivity index (χ1v) is 9.29. The number of benzene rings is 2. The van der Waals surface area contributed by atoms with E-state index in [0.29, 0.717) is 16.9 Å². The van der Waals surface area contributed by atoms with E-state index in [4.69, 9.17) is 11.5 Å². The van der Waals surface area contributed by atoms with Crippen molar-refractivity contribution in [3.8, 4) is 11.3 Å². The molecule has 0 unspecified atom stereocenters. The number of rotatable bonds is 4. The van der Waals surface area contributed by atoms with E-state index in [2.05, 4.69) is 15.7 Å². The Kier molecular flexibility index (Phi) is 5.65. The number of primary amides is 1. The molecule has 3 amide bonds. The fraction of sp³-hybridized carbons (Fsp3) is 0.190. The van der Waals surface area contributed by atoms with Gasteiger partial charge in [0.2, 0.25) is 0 Å². The van der Waals surface area contributed by atoms with Gasteiger partial charge in [0.25, 0.3) is 5.91 Å². The molecule has 31 heavy (non-hydrogen) atoms. The summed E-state index contributed by atoms with van der Waals surface area (Å²) in [7, 11) is 0. The van der Waals surface area contributed by atoms with Crippen LogP contribution in [0.4, 0.5) is 30.8 Å². The van der Waals surface area contributed by atoms with Crippen LogP contribution in [0.5, 0.6) is 0 Å². The van der Waals surface area contributed by atoms with Crippen LogP contribution in [-0.4, -0.2) is 21.7 Å². The third kappa shape index (κ3) is 4.63. The molecule has 8 nitrogen and oxygen atoms in total. The molecule has 0 bridgehead atoms. The number of amides is 3. The summed E-state index contributed by atoms with van der Waals surface area (Å²) < 4.78 is 28.4. The van der Waals surface area contributed by atoms with Crippen LogP contribution in [0, 0.1) is 11.6 Å². The van der Waals surface area contributed by atoms with Crippen molar-refractivity contribution >= 4 is 29.1 Å². The first kappa shape index (κ1) is 21.8. The van der Waals surface area contributed by atoms with Gasteiger partial charge in [0.1, 0.15) is 28.7 Å². The Morgan fingerprint density at radius 2 is 1.68 bits per heavy atom. The van der Waals surface area contributed by atoms with Gasteiger partial charge in [-0.15, -0.1) is 0 Å². The summed E-state index contributed by atoms with van der Waals surface area (Å²) in [4.78, 5) is 24.1. The summed E-state index contributed by atoms with van der Waals surface area (Å²) in [5.74, 6) is -1.99. The second-order valence-corrected chi connectivity index (χ2v) is 7.84. The molecule has 0 saturated carbocycles. The Labute approximate surface area is 177 Å². The van der Waals surface area contributed by atoms with E-state index in [-0.39, 0.29) is 17.1 Å². The van der Waals surface area contributed by atoms with Crippen molar-refractivity contribution in [1.82, 2.24) is 9.78 Å². The SMILES string of the molecule is CC(C)(C)n1nc(-c2ccc(NC(=O)Nc3cc(F)ccc3F)cc2)c(C(N)=O)c1N. The van der Waals surface area contributed by atoms with Crippen LogP contribution >= 0.6 is 0 Å². The van der Waals surface area contributed by atoms with Crippen LogP contribution in [0.3, 0.4) is 0 Å². The number of carbonyl (C=O) groups excluding carboxylic acids is 2. The Hall–Kier alpha value is -3.95. The number of nitrogens with two attached hydrogens (primary N) is 2. The van der Waals surface area contributed by atoms with Crippen LogP contribution in [-0.2, 0) is 5.54 Å². The maximum atomic E-state index is 13.7. The monoisotopic (exact) mass is 428 g/mol. The molecule has 3 rings (SSSR count). The molecule has 3 aromatic rings. The molecule has 1 aromatic heterocycles. The summed E-state index contributed by atoms with van der Waals surface area (Å²) in [6.45, 7) is 5.66. The topological polar surface area (TPSA) is 128 Å². The Morgan fingerprint density at radius 3 is 2.26 bits per heavy atom. The third-order valence-corrected chi connectivity index (χ3v) is 4.40. The number of hydrogen-bond donors (Lipinski definition) is 4. The second-order valence-electron chi connectivity index (χ2n) is 7.84. The number of carbonyl (C=O) groups is 2. The predicted molar refractivity (Wildman–Crippen MR) is 115 cm³/mol. The smallest absolute Gasteiger partial charge is 0.323 e. The minimum atomic E-state index is -0.766. The van der Waals surface area contributed by atoms with Gasteiger partial charge < -0.3 is 22.1 Å². The van der Waals surface area contributed by atoms with Crippen molar-refractivity contribution in [2.45, 2.75) is 26.3 Å². The zero-order valence-corrected chi connectivity index (χ0v) is 17.2. The summed E-state index contributed by atoms with van der Waals surface area (Å²) in [6, 6.07) is 8.36. The molecule has 0 radical (unpaired) electrons. The first-order valence-electron chi connectivity index (χ1n) is 9.29. The molecule has 0 atom stereocenters. The number of nitrogen functional groups attached to an aromatic ring is 1. The molecular formula is C21H22F2N6O2. The van der Waals surface area contributed by atoms with Crippen LogP contribution in [0.1, 0.15) is 31.1 Å². The highest BCUT2D eigenvalue weighted by atomic mass is 19.1. The lowest BCUT2D eigenvalue weighted by atomic mass is 10.1. The van der Waals surface area contributed by atoms with Gasteiger partial charge in [0.15, 0.2) is 0 Å². The molecule has 1 heterocycles. The summed E-state index contributed by atoms with van der Waals surface area (Å²) in [6.07, 6.45) is 0. The lowest BCUT2D eigenvalue weighted by Gasteiger charge is -2.20. The van der Waals surface area contributed by atoms with Crippen LogP contribution in [0.2, 0.25) is 0 Å². The van der Waals surface area contributed by atoms with Crippen LogP contribution < -0.4 is 22.1 Å². The van der Waals surface area contributed by atoms with Gasteiger partial charge in [-0.3, -0.25) is 4.79 Å². The predicted octanol–water partition coefficient (Wildman–Crippen LogP) is 3.91. The van der Waals surface area contributed by atoms with Crippen molar-refractivity contribution in [2.24, 2.45) is 5.73 Å². The fourth-order valence-corrected chi connectivity index (χ4v) is 2.98. The zero-order chi connectivity index (χ0) is 22.9. The van der Waals surface area contributed by atoms with Crippen molar-refractivity contribution in [2.75, 3.05) is 16.4 Å². The number of halogens is 2. The van der Waals surface area contributed by atoms with E-state index in [9.17, 15) is 18.4 Å². The van der Waals surface area contributed by atoms with Crippen molar-refractivity contribution in [3.05, 3.63) is 59.7 Å². The third-order valence-electron chi connectivity index (χ3n) is 4.40. The molecule has 0 fully saturated rings. The normalized spacial score (nSPS) is 11.3. The van der Waals surface area contributed by atoms with E-state index in [1.165, 1.54) is 4.68 Å². The van der Waals surface area contributed by atoms with Gasteiger partial charge in [0, 0.05) is 17.3 Å². The summed E-state index contributed by atoms with van der Waals surface area (Å²) in [5.41, 5.74) is 12.2. The van der Waals surface area contributed by atoms with Gasteiger partial charge in [-0.05, 0) is 45.0 Å². The quantitative estimate of drug-likeness (QED) is 0.502. The molecule has 0 aliphatic carbocycles. The van der Waals surface area contributed by atoms with Crippen molar-refractivity contribution in [1.29, 1.82) is 0 Å². The van der Waals surface area contributed by atoms with Gasteiger partial charge in [-0.25, -0.2) is 18.3 Å². The number of hydrogen-bond acceptors (Lipinski definition) is 4. The zero-order valence-electron chi connectivity index (χ0n) is 17.2. The Bertz CT molecular complexity index is 1150. The van der Waals surface area contributed by atoms with Gasteiger partial charge in [-0.2, -0.15) is 5.10 Å². The molecule has 0 aliphatic heterocycles. The lowest BCUT2D eigenvalue weighted by molar-refractivity contribution is 0.100. The van der Waals surface area contributed by atoms with Gasteiger partial charge >= 0.3 is 6.03 Å². The molecule has 0 aliphatic rings. The molecule has 10 heteroatoms. The Balaban J connectivity index is 1.83. The number of nitrogens with one attached hydrogen (secondary N) is 2. The number of urea groups is 1. The van der Waals surface area contributed by atoms with Crippen LogP contribution in [0.25, 0.3) is 11.3 Å². The minimum Gasteiger partial charge on any atom is -0.383 e. The molecular weight excluding hydrogens is 406 g/mol. The maximum Gasteiger partial charge on any atom is 0.323 e. The molecule has 2 aromatic carbocycles. The largest absolute Gasteiger partial charge is 0.383 e. The highest BCUT2D eigenvalue weighted by Crippen LogP contribution is 2.31. The van der Waals surface area contributed by atoms with Crippen molar-refractivity contribution in [3.63, 3.8) is 0 Å². The number of anilines is 3. The lowest BCUT2D eigenvalue weighted by Crippen LogP contribution is -2.25. The average molecular weight is 428 g/mol. The average Bonchev–Trinajstić information content (AvgIpc) is 3.03. The second kappa shape index (κ2) is 8.05. The first-order chi connectivity index (χ1) is 14.5. The molecule has 0 saturated heterocycles. The summed E-state index contributed by atoms with van der Waals surface area (Å²) in [5, 5.41) is 9.20. The van der Waals surface area contributed by atoms with E-state index in [1.54, 1.807) is 24.3 Å². The highest BCUT2D eigenvalue weighted by Gasteiger charge is 2.26. The van der Waals surface area contributed by atoms with Crippen LogP contribution in [0.15, 0.2) is 42.5 Å². The fourth-order valence-electron chi connectivity index (χ4n) is 2.98. The van der Waals surface area contributed by atoms with E-state index in [1.807, 2.05) is 20.8 Å². The van der Waals surface area contributed by atoms with Gasteiger partial charge in [-0.1, -0.05) is 12.1 Å². The molecule has 0 spiro atoms. The van der Waals surface area contributed by atoms with E-state index >= 15 is 0 Å².